The van der Waals surface area contributed by atoms with Crippen molar-refractivity contribution >= 4 is 74.3 Å². The molecule has 6 aromatic carbocycles. The van der Waals surface area contributed by atoms with Crippen molar-refractivity contribution in [1.29, 1.82) is 0 Å². The molecule has 0 amide bonds. The summed E-state index contributed by atoms with van der Waals surface area (Å²) in [5.74, 6) is -16.9. The SMILES string of the molecule is C=CCOc1c(F)c(F)c(N=Cc2cc(Br)cc(C(C)c3ccccc3)c2O)c(F)c1F.C=CCOc1c(F)c(F)c(N=Cc2cc(Br)cc(C(C)c3ccccc3)c2O)c(F)c1F.[Cl][Ti][Cl]. The van der Waals surface area contributed by atoms with Crippen LogP contribution in [0.15, 0.2) is 129 Å². The summed E-state index contributed by atoms with van der Waals surface area (Å²) in [6.45, 7) is 9.68. The number of halogens is 12. The quantitative estimate of drug-likeness (QED) is 0.0374. The van der Waals surface area contributed by atoms with Gasteiger partial charge in [-0.05, 0) is 35.4 Å². The number of phenols is 2. The van der Waals surface area contributed by atoms with Gasteiger partial charge in [-0.25, -0.2) is 27.5 Å². The zero-order valence-corrected chi connectivity index (χ0v) is 41.3. The Morgan fingerprint density at radius 2 is 0.866 bits per heavy atom. The molecule has 67 heavy (non-hydrogen) atoms. The number of hydrogen-bond donors (Lipinski definition) is 2. The molecule has 0 heterocycles. The molecular weight excluding hydrogens is 1100 g/mol. The van der Waals surface area contributed by atoms with Crippen LogP contribution in [-0.2, 0) is 17.0 Å². The monoisotopic (exact) mass is 1130 g/mol. The molecule has 6 aromatic rings. The summed E-state index contributed by atoms with van der Waals surface area (Å²) in [6, 6.07) is 25.1. The van der Waals surface area contributed by atoms with Crippen LogP contribution in [0, 0.1) is 46.5 Å². The van der Waals surface area contributed by atoms with E-state index in [0.717, 1.165) is 23.6 Å². The Morgan fingerprint density at radius 3 is 1.15 bits per heavy atom. The molecule has 6 rings (SSSR count). The van der Waals surface area contributed by atoms with Crippen molar-refractivity contribution in [2.24, 2.45) is 9.98 Å². The van der Waals surface area contributed by atoms with Crippen molar-refractivity contribution in [2.75, 3.05) is 13.2 Å². The average molecular weight is 1140 g/mol. The fraction of sp³-hybridized carbons (Fsp3) is 0.125. The molecule has 0 fully saturated rings. The number of nitrogens with zero attached hydrogens (tertiary/aromatic N) is 2. The summed E-state index contributed by atoms with van der Waals surface area (Å²) in [5, 5.41) is 21.5. The summed E-state index contributed by atoms with van der Waals surface area (Å²) in [7, 11) is 9.78. The molecule has 2 N–H and O–H groups in total. The number of phenolic OH excluding ortho intramolecular Hbond substituents is 2. The third-order valence-electron chi connectivity index (χ3n) is 9.56. The molecule has 0 saturated heterocycles. The Hall–Kier alpha value is -4.97. The molecule has 0 aliphatic rings. The second-order valence-corrected chi connectivity index (χ2v) is 18.2. The van der Waals surface area contributed by atoms with Crippen LogP contribution in [0.2, 0.25) is 0 Å². The van der Waals surface area contributed by atoms with E-state index >= 15 is 0 Å². The topological polar surface area (TPSA) is 83.6 Å². The number of aliphatic imine (C=N–C) groups is 2. The van der Waals surface area contributed by atoms with Gasteiger partial charge in [-0.15, -0.1) is 0 Å². The van der Waals surface area contributed by atoms with Gasteiger partial charge in [0.1, 0.15) is 36.1 Å². The van der Waals surface area contributed by atoms with E-state index in [2.05, 4.69) is 64.5 Å². The fourth-order valence-electron chi connectivity index (χ4n) is 6.22. The van der Waals surface area contributed by atoms with Gasteiger partial charge in [0, 0.05) is 55.5 Å². The van der Waals surface area contributed by atoms with Crippen LogP contribution in [0.1, 0.15) is 59.1 Å². The molecule has 0 saturated carbocycles. The van der Waals surface area contributed by atoms with Gasteiger partial charge in [0.25, 0.3) is 0 Å². The van der Waals surface area contributed by atoms with Gasteiger partial charge in [-0.2, -0.15) is 17.6 Å². The van der Waals surface area contributed by atoms with Gasteiger partial charge in [0.05, 0.1) is 0 Å². The number of aromatic hydroxyl groups is 2. The molecule has 6 nitrogen and oxygen atoms in total. The first-order valence-corrected chi connectivity index (χ1v) is 25.2. The van der Waals surface area contributed by atoms with Crippen LogP contribution in [-0.4, -0.2) is 35.9 Å². The minimum absolute atomic E-state index is 0.101. The predicted molar refractivity (Wildman–Crippen MR) is 250 cm³/mol. The number of rotatable bonds is 14. The molecule has 19 heteroatoms. The summed E-state index contributed by atoms with van der Waals surface area (Å²) in [4.78, 5) is 7.16. The van der Waals surface area contributed by atoms with E-state index in [4.69, 9.17) is 18.6 Å². The van der Waals surface area contributed by atoms with Crippen molar-refractivity contribution in [2.45, 2.75) is 25.7 Å². The van der Waals surface area contributed by atoms with Crippen molar-refractivity contribution < 1.29 is 71.8 Å². The normalized spacial score (nSPS) is 11.9. The van der Waals surface area contributed by atoms with Gasteiger partial charge in [-0.1, -0.05) is 132 Å². The van der Waals surface area contributed by atoms with Crippen molar-refractivity contribution in [3.63, 3.8) is 0 Å². The van der Waals surface area contributed by atoms with Gasteiger partial charge in [-0.3, -0.25) is 0 Å². The van der Waals surface area contributed by atoms with Crippen molar-refractivity contribution in [1.82, 2.24) is 0 Å². The molecule has 0 radical (unpaired) electrons. The maximum absolute atomic E-state index is 14.4. The van der Waals surface area contributed by atoms with E-state index in [0.29, 0.717) is 20.1 Å². The first-order chi connectivity index (χ1) is 31.9. The summed E-state index contributed by atoms with van der Waals surface area (Å²) < 4.78 is 125. The van der Waals surface area contributed by atoms with E-state index in [1.165, 1.54) is 24.3 Å². The number of ether oxygens (including phenoxy) is 2. The third kappa shape index (κ3) is 13.6. The van der Waals surface area contributed by atoms with E-state index in [1.54, 1.807) is 12.1 Å². The van der Waals surface area contributed by atoms with E-state index in [9.17, 15) is 45.3 Å². The van der Waals surface area contributed by atoms with Crippen LogP contribution in [0.5, 0.6) is 23.0 Å². The standard InChI is InChI=1S/2C24H18BrF4NO2.2ClH.Ti/c2*1-3-9-32-24-20(28)18(26)22(19(27)21(24)29)30-12-15-10-16(25)11-17(23(15)31)13(2)14-7-5-4-6-8-14;;;/h2*3-8,10-13,31H,1,9H2,2H3;2*1H;/q;;;;+2/p-2. The Balaban J connectivity index is 0.000000276. The first-order valence-electron chi connectivity index (χ1n) is 19.3. The van der Waals surface area contributed by atoms with Gasteiger partial charge >= 0.3 is 35.6 Å². The van der Waals surface area contributed by atoms with Gasteiger partial charge in [0.2, 0.25) is 23.3 Å². The molecule has 0 aliphatic carbocycles. The number of benzene rings is 6. The van der Waals surface area contributed by atoms with Crippen LogP contribution in [0.3, 0.4) is 0 Å². The van der Waals surface area contributed by atoms with Gasteiger partial charge in [0.15, 0.2) is 34.8 Å². The Morgan fingerprint density at radius 1 is 0.567 bits per heavy atom. The Kier molecular flexibility index (Phi) is 21.2. The summed E-state index contributed by atoms with van der Waals surface area (Å²) in [5.41, 5.74) is 0.760. The zero-order valence-electron chi connectivity index (χ0n) is 35.0. The van der Waals surface area contributed by atoms with E-state index in [1.807, 2.05) is 74.5 Å². The molecule has 350 valence electrons. The van der Waals surface area contributed by atoms with Crippen LogP contribution in [0.25, 0.3) is 0 Å². The molecule has 0 aliphatic heterocycles. The summed E-state index contributed by atoms with van der Waals surface area (Å²) in [6.07, 6.45) is 4.22. The van der Waals surface area contributed by atoms with Crippen molar-refractivity contribution in [3.05, 3.63) is 199 Å². The average Bonchev–Trinajstić information content (AvgIpc) is 3.32. The van der Waals surface area contributed by atoms with Crippen molar-refractivity contribution in [3.8, 4) is 23.0 Å². The fourth-order valence-corrected chi connectivity index (χ4v) is 7.20. The zero-order chi connectivity index (χ0) is 49.5. The van der Waals surface area contributed by atoms with E-state index < -0.39 is 86.4 Å². The molecule has 2 atom stereocenters. The minimum atomic E-state index is -1.72. The van der Waals surface area contributed by atoms with Crippen LogP contribution in [0.4, 0.5) is 46.5 Å². The molecule has 0 bridgehead atoms. The van der Waals surface area contributed by atoms with Crippen LogP contribution < -0.4 is 9.47 Å². The third-order valence-corrected chi connectivity index (χ3v) is 10.5. The summed E-state index contributed by atoms with van der Waals surface area (Å²) >= 11 is 6.11. The maximum atomic E-state index is 14.4. The predicted octanol–water partition coefficient (Wildman–Crippen LogP) is 15.7. The van der Waals surface area contributed by atoms with Crippen LogP contribution >= 0.6 is 50.5 Å². The Labute approximate surface area is 414 Å². The number of hydrogen-bond acceptors (Lipinski definition) is 6. The molecule has 2 unspecified atom stereocenters. The van der Waals surface area contributed by atoms with E-state index in [-0.39, 0.29) is 47.7 Å². The first kappa shape index (κ1) is 54.6. The second-order valence-electron chi connectivity index (χ2n) is 13.8. The Bertz CT molecular complexity index is 2530. The second kappa shape index (κ2) is 26.0. The molecule has 0 aromatic heterocycles. The molecule has 0 spiro atoms. The van der Waals surface area contributed by atoms with Gasteiger partial charge < -0.3 is 19.7 Å². The molecular formula is C48H36Br2Cl2F8N2O4Ti.